The lowest BCUT2D eigenvalue weighted by atomic mass is 10.2. The van der Waals surface area contributed by atoms with E-state index >= 15 is 0 Å². The summed E-state index contributed by atoms with van der Waals surface area (Å²) in [5.74, 6) is -0.358. The van der Waals surface area contributed by atoms with Crippen molar-refractivity contribution in [1.82, 2.24) is 15.5 Å². The highest BCUT2D eigenvalue weighted by Gasteiger charge is 2.36. The van der Waals surface area contributed by atoms with Crippen LogP contribution in [0.4, 0.5) is 0 Å². The summed E-state index contributed by atoms with van der Waals surface area (Å²) in [5, 5.41) is 6.43. The Kier molecular flexibility index (Phi) is 4.81. The van der Waals surface area contributed by atoms with Crippen LogP contribution in [0, 0.1) is 0 Å². The summed E-state index contributed by atoms with van der Waals surface area (Å²) in [4.78, 5) is 35.8. The van der Waals surface area contributed by atoms with E-state index < -0.39 is 6.04 Å². The van der Waals surface area contributed by atoms with Gasteiger partial charge in [0.2, 0.25) is 11.8 Å². The summed E-state index contributed by atoms with van der Waals surface area (Å²) in [6, 6.07) is -0.668. The summed E-state index contributed by atoms with van der Waals surface area (Å²) < 4.78 is 0. The molecule has 2 aliphatic rings. The van der Waals surface area contributed by atoms with Crippen molar-refractivity contribution in [1.29, 1.82) is 0 Å². The summed E-state index contributed by atoms with van der Waals surface area (Å²) in [6.45, 7) is 2.00. The van der Waals surface area contributed by atoms with Crippen molar-refractivity contribution in [2.75, 3.05) is 25.9 Å². The van der Waals surface area contributed by atoms with Gasteiger partial charge in [-0.3, -0.25) is 19.3 Å². The van der Waals surface area contributed by atoms with Gasteiger partial charge in [-0.2, -0.15) is 0 Å². The Hall–Kier alpha value is -1.08. The molecule has 106 valence electrons. The van der Waals surface area contributed by atoms with Crippen LogP contribution in [0.25, 0.3) is 0 Å². The van der Waals surface area contributed by atoms with E-state index in [4.69, 9.17) is 0 Å². The minimum Gasteiger partial charge on any atom is -0.343 e. The number of nitrogens with zero attached hydrogens (tertiary/aromatic N) is 1. The van der Waals surface area contributed by atoms with Crippen molar-refractivity contribution in [3.63, 3.8) is 0 Å². The second kappa shape index (κ2) is 6.38. The predicted octanol–water partition coefficient (Wildman–Crippen LogP) is -0.655. The Labute approximate surface area is 116 Å². The average molecular weight is 285 g/mol. The molecule has 0 saturated carbocycles. The standard InChI is InChI=1S/C12H19N3O3S/c1-15-11(17)6-9(12(15)18)14-10(16)7-19-8-2-4-13-5-3-8/h8-9,13H,2-7H2,1H3,(H,14,16). The third-order valence-corrected chi connectivity index (χ3v) is 4.82. The van der Waals surface area contributed by atoms with Gasteiger partial charge in [-0.15, -0.1) is 11.8 Å². The maximum Gasteiger partial charge on any atom is 0.252 e. The fourth-order valence-electron chi connectivity index (χ4n) is 2.26. The van der Waals surface area contributed by atoms with E-state index in [0.717, 1.165) is 30.8 Å². The van der Waals surface area contributed by atoms with E-state index in [1.807, 2.05) is 0 Å². The molecular weight excluding hydrogens is 266 g/mol. The summed E-state index contributed by atoms with van der Waals surface area (Å²) in [5.41, 5.74) is 0. The third kappa shape index (κ3) is 3.70. The molecule has 19 heavy (non-hydrogen) atoms. The molecule has 0 aromatic rings. The molecule has 0 spiro atoms. The Morgan fingerprint density at radius 1 is 1.42 bits per heavy atom. The van der Waals surface area contributed by atoms with Gasteiger partial charge in [0.05, 0.1) is 12.2 Å². The van der Waals surface area contributed by atoms with E-state index in [9.17, 15) is 14.4 Å². The molecule has 3 amide bonds. The number of piperidine rings is 1. The summed E-state index contributed by atoms with van der Waals surface area (Å²) in [7, 11) is 1.45. The number of nitrogens with one attached hydrogen (secondary N) is 2. The molecule has 6 nitrogen and oxygen atoms in total. The molecule has 0 radical (unpaired) electrons. The topological polar surface area (TPSA) is 78.5 Å². The Bertz CT molecular complexity index is 382. The first kappa shape index (κ1) is 14.3. The third-order valence-electron chi connectivity index (χ3n) is 3.45. The molecule has 2 N–H and O–H groups in total. The van der Waals surface area contributed by atoms with Crippen LogP contribution >= 0.6 is 11.8 Å². The number of carbonyl (C=O) groups is 3. The number of likely N-dealkylation sites (N-methyl/N-ethyl adjacent to an activating group) is 1. The quantitative estimate of drug-likeness (QED) is 0.671. The number of imide groups is 1. The molecule has 7 heteroatoms. The van der Waals surface area contributed by atoms with Crippen molar-refractivity contribution in [2.24, 2.45) is 0 Å². The summed E-state index contributed by atoms with van der Waals surface area (Å²) >= 11 is 1.63. The van der Waals surface area contributed by atoms with Crippen LogP contribution in [-0.2, 0) is 14.4 Å². The average Bonchev–Trinajstić information content (AvgIpc) is 2.65. The van der Waals surface area contributed by atoms with Crippen LogP contribution in [0.15, 0.2) is 0 Å². The van der Waals surface area contributed by atoms with Gasteiger partial charge in [0.15, 0.2) is 0 Å². The van der Waals surface area contributed by atoms with Gasteiger partial charge >= 0.3 is 0 Å². The molecule has 2 rings (SSSR count). The molecule has 2 heterocycles. The van der Waals surface area contributed by atoms with E-state index in [1.54, 1.807) is 11.8 Å². The van der Waals surface area contributed by atoms with Gasteiger partial charge < -0.3 is 10.6 Å². The first-order valence-corrected chi connectivity index (χ1v) is 7.55. The monoisotopic (exact) mass is 285 g/mol. The largest absolute Gasteiger partial charge is 0.343 e. The molecule has 2 fully saturated rings. The Balaban J connectivity index is 1.72. The fourth-order valence-corrected chi connectivity index (χ4v) is 3.30. The van der Waals surface area contributed by atoms with Gasteiger partial charge in [-0.05, 0) is 25.9 Å². The van der Waals surface area contributed by atoms with E-state index in [0.29, 0.717) is 11.0 Å². The fraction of sp³-hybridized carbons (Fsp3) is 0.750. The van der Waals surface area contributed by atoms with Gasteiger partial charge in [0.25, 0.3) is 5.91 Å². The number of carbonyl (C=O) groups excluding carboxylic acids is 3. The molecule has 1 atom stereocenters. The molecular formula is C12H19N3O3S. The highest BCUT2D eigenvalue weighted by molar-refractivity contribution is 8.00. The zero-order valence-electron chi connectivity index (χ0n) is 11.0. The normalized spacial score (nSPS) is 24.9. The van der Waals surface area contributed by atoms with Crippen LogP contribution < -0.4 is 10.6 Å². The minimum absolute atomic E-state index is 0.0824. The lowest BCUT2D eigenvalue weighted by Gasteiger charge is -2.22. The van der Waals surface area contributed by atoms with Gasteiger partial charge in [-0.25, -0.2) is 0 Å². The molecule has 0 aromatic heterocycles. The van der Waals surface area contributed by atoms with Crippen molar-refractivity contribution in [3.05, 3.63) is 0 Å². The number of rotatable bonds is 4. The highest BCUT2D eigenvalue weighted by atomic mass is 32.2. The van der Waals surface area contributed by atoms with Crippen LogP contribution in [0.1, 0.15) is 19.3 Å². The number of likely N-dealkylation sites (tertiary alicyclic amines) is 1. The van der Waals surface area contributed by atoms with Crippen molar-refractivity contribution in [3.8, 4) is 0 Å². The van der Waals surface area contributed by atoms with Gasteiger partial charge in [0, 0.05) is 12.3 Å². The lowest BCUT2D eigenvalue weighted by Crippen LogP contribution is -2.41. The van der Waals surface area contributed by atoms with Crippen LogP contribution in [0.5, 0.6) is 0 Å². The van der Waals surface area contributed by atoms with Gasteiger partial charge in [-0.1, -0.05) is 0 Å². The highest BCUT2D eigenvalue weighted by Crippen LogP contribution is 2.20. The molecule has 0 bridgehead atoms. The first-order chi connectivity index (χ1) is 9.08. The lowest BCUT2D eigenvalue weighted by molar-refractivity contribution is -0.138. The Morgan fingerprint density at radius 3 is 2.68 bits per heavy atom. The summed E-state index contributed by atoms with van der Waals surface area (Å²) in [6.07, 6.45) is 2.22. The zero-order chi connectivity index (χ0) is 13.8. The van der Waals surface area contributed by atoms with E-state index in [1.165, 1.54) is 7.05 Å². The second-order valence-corrected chi connectivity index (χ2v) is 6.16. The predicted molar refractivity (Wildman–Crippen MR) is 72.7 cm³/mol. The zero-order valence-corrected chi connectivity index (χ0v) is 11.8. The van der Waals surface area contributed by atoms with Crippen molar-refractivity contribution >= 4 is 29.5 Å². The molecule has 2 aliphatic heterocycles. The molecule has 0 aliphatic carbocycles. The molecule has 1 unspecified atom stereocenters. The molecule has 2 saturated heterocycles. The van der Waals surface area contributed by atoms with Crippen LogP contribution in [0.3, 0.4) is 0 Å². The number of thioether (sulfide) groups is 1. The Morgan fingerprint density at radius 2 is 2.11 bits per heavy atom. The minimum atomic E-state index is -0.668. The van der Waals surface area contributed by atoms with Crippen molar-refractivity contribution < 1.29 is 14.4 Å². The number of amides is 3. The van der Waals surface area contributed by atoms with Crippen molar-refractivity contribution in [2.45, 2.75) is 30.6 Å². The van der Waals surface area contributed by atoms with Crippen LogP contribution in [0.2, 0.25) is 0 Å². The first-order valence-electron chi connectivity index (χ1n) is 6.50. The van der Waals surface area contributed by atoms with E-state index in [2.05, 4.69) is 10.6 Å². The maximum atomic E-state index is 11.8. The van der Waals surface area contributed by atoms with E-state index in [-0.39, 0.29) is 24.1 Å². The second-order valence-electron chi connectivity index (χ2n) is 4.88. The number of hydrogen-bond acceptors (Lipinski definition) is 5. The van der Waals surface area contributed by atoms with Gasteiger partial charge in [0.1, 0.15) is 6.04 Å². The number of hydrogen-bond donors (Lipinski definition) is 2. The molecule has 0 aromatic carbocycles. The smallest absolute Gasteiger partial charge is 0.252 e. The SMILES string of the molecule is CN1C(=O)CC(NC(=O)CSC2CCNCC2)C1=O. The maximum absolute atomic E-state index is 11.8. The van der Waals surface area contributed by atoms with Crippen LogP contribution in [-0.4, -0.2) is 59.8 Å².